The lowest BCUT2D eigenvalue weighted by Crippen LogP contribution is -2.19. The van der Waals surface area contributed by atoms with E-state index in [0.717, 1.165) is 12.1 Å². The first-order chi connectivity index (χ1) is 11.5. The fraction of sp³-hybridized carbons (Fsp3) is 0.316. The summed E-state index contributed by atoms with van der Waals surface area (Å²) in [6.07, 6.45) is 8.23. The zero-order valence-electron chi connectivity index (χ0n) is 13.9. The summed E-state index contributed by atoms with van der Waals surface area (Å²) in [4.78, 5) is 2.01. The summed E-state index contributed by atoms with van der Waals surface area (Å²) in [5, 5.41) is 14.1. The SMILES string of the molecule is CN(C)CCn1cc(C2(F)C=CC(c3ccccc3)C=C2)c(O)n1. The van der Waals surface area contributed by atoms with Gasteiger partial charge in [-0.3, -0.25) is 4.68 Å². The molecule has 0 radical (unpaired) electrons. The first kappa shape index (κ1) is 16.5. The van der Waals surface area contributed by atoms with Gasteiger partial charge in [0, 0.05) is 18.7 Å². The molecule has 1 aliphatic carbocycles. The summed E-state index contributed by atoms with van der Waals surface area (Å²) in [5.74, 6) is -0.218. The summed E-state index contributed by atoms with van der Waals surface area (Å²) in [6.45, 7) is 1.36. The number of nitrogens with zero attached hydrogens (tertiary/aromatic N) is 3. The number of likely N-dealkylation sites (N-methyl/N-ethyl adjacent to an activating group) is 1. The Morgan fingerprint density at radius 3 is 2.50 bits per heavy atom. The number of allylic oxidation sites excluding steroid dienone is 4. The number of benzene rings is 1. The maximum atomic E-state index is 15.3. The van der Waals surface area contributed by atoms with Gasteiger partial charge < -0.3 is 10.0 Å². The van der Waals surface area contributed by atoms with Gasteiger partial charge in [0.25, 0.3) is 0 Å². The van der Waals surface area contributed by atoms with E-state index < -0.39 is 5.67 Å². The van der Waals surface area contributed by atoms with Gasteiger partial charge in [0.05, 0.1) is 12.1 Å². The molecular formula is C19H22FN3O. The number of alkyl halides is 1. The van der Waals surface area contributed by atoms with Gasteiger partial charge in [-0.1, -0.05) is 42.5 Å². The summed E-state index contributed by atoms with van der Waals surface area (Å²) >= 11 is 0. The third kappa shape index (κ3) is 3.41. The fourth-order valence-electron chi connectivity index (χ4n) is 2.78. The van der Waals surface area contributed by atoms with Crippen LogP contribution >= 0.6 is 0 Å². The van der Waals surface area contributed by atoms with Gasteiger partial charge in [0.2, 0.25) is 5.88 Å². The van der Waals surface area contributed by atoms with E-state index in [1.165, 1.54) is 12.2 Å². The smallest absolute Gasteiger partial charge is 0.237 e. The molecule has 0 unspecified atom stereocenters. The maximum absolute atomic E-state index is 15.3. The lowest BCUT2D eigenvalue weighted by molar-refractivity contribution is 0.290. The predicted molar refractivity (Wildman–Crippen MR) is 92.7 cm³/mol. The molecule has 0 aliphatic heterocycles. The largest absolute Gasteiger partial charge is 0.492 e. The fourth-order valence-corrected chi connectivity index (χ4v) is 2.78. The minimum atomic E-state index is -1.83. The Balaban J connectivity index is 1.79. The summed E-state index contributed by atoms with van der Waals surface area (Å²) in [6, 6.07) is 9.92. The number of rotatable bonds is 5. The Kier molecular flexibility index (Phi) is 4.53. The third-order valence-electron chi connectivity index (χ3n) is 4.21. The van der Waals surface area contributed by atoms with Crippen LogP contribution in [0.4, 0.5) is 4.39 Å². The van der Waals surface area contributed by atoms with E-state index >= 15 is 4.39 Å². The first-order valence-corrected chi connectivity index (χ1v) is 8.02. The molecule has 0 amide bonds. The van der Waals surface area contributed by atoms with Crippen LogP contribution in [0.5, 0.6) is 5.88 Å². The molecule has 0 spiro atoms. The molecule has 1 N–H and O–H groups in total. The highest BCUT2D eigenvalue weighted by atomic mass is 19.1. The van der Waals surface area contributed by atoms with Crippen molar-refractivity contribution in [2.45, 2.75) is 18.1 Å². The number of aromatic hydroxyl groups is 1. The Morgan fingerprint density at radius 2 is 1.88 bits per heavy atom. The van der Waals surface area contributed by atoms with Gasteiger partial charge in [-0.2, -0.15) is 0 Å². The molecule has 0 saturated heterocycles. The standard InChI is InChI=1S/C19H22FN3O/c1-22(2)12-13-23-14-17(18(24)21-23)19(20)10-8-16(9-11-19)15-6-4-3-5-7-15/h3-11,14,16H,12-13H2,1-2H3,(H,21,24). The van der Waals surface area contributed by atoms with E-state index in [1.807, 2.05) is 61.5 Å². The first-order valence-electron chi connectivity index (χ1n) is 8.02. The molecule has 126 valence electrons. The van der Waals surface area contributed by atoms with Crippen molar-refractivity contribution in [3.05, 3.63) is 72.0 Å². The summed E-state index contributed by atoms with van der Waals surface area (Å²) in [7, 11) is 3.91. The second kappa shape index (κ2) is 6.61. The summed E-state index contributed by atoms with van der Waals surface area (Å²) in [5.41, 5.74) is -0.538. The van der Waals surface area contributed by atoms with Crippen molar-refractivity contribution in [3.63, 3.8) is 0 Å². The van der Waals surface area contributed by atoms with Crippen molar-refractivity contribution >= 4 is 0 Å². The van der Waals surface area contributed by atoms with Gasteiger partial charge in [-0.15, -0.1) is 5.10 Å². The lowest BCUT2D eigenvalue weighted by atomic mass is 9.86. The van der Waals surface area contributed by atoms with Crippen LogP contribution in [0.2, 0.25) is 0 Å². The van der Waals surface area contributed by atoms with Crippen LogP contribution in [0, 0.1) is 0 Å². The Morgan fingerprint density at radius 1 is 1.21 bits per heavy atom. The zero-order chi connectivity index (χ0) is 17.2. The van der Waals surface area contributed by atoms with Crippen molar-refractivity contribution in [2.24, 2.45) is 0 Å². The Bertz CT molecular complexity index is 735. The highest BCUT2D eigenvalue weighted by Gasteiger charge is 2.33. The van der Waals surface area contributed by atoms with Crippen LogP contribution in [0.25, 0.3) is 0 Å². The molecule has 1 heterocycles. The monoisotopic (exact) mass is 327 g/mol. The quantitative estimate of drug-likeness (QED) is 0.857. The van der Waals surface area contributed by atoms with Crippen LogP contribution in [-0.4, -0.2) is 40.4 Å². The second-order valence-electron chi connectivity index (χ2n) is 6.36. The Labute approximate surface area is 141 Å². The topological polar surface area (TPSA) is 41.3 Å². The van der Waals surface area contributed by atoms with Crippen molar-refractivity contribution in [3.8, 4) is 5.88 Å². The molecule has 0 bridgehead atoms. The number of hydrogen-bond donors (Lipinski definition) is 1. The molecule has 1 aliphatic rings. The molecule has 3 rings (SSSR count). The normalized spacial score (nSPS) is 23.1. The molecule has 2 aromatic rings. The molecule has 0 atom stereocenters. The van der Waals surface area contributed by atoms with Crippen LogP contribution in [0.3, 0.4) is 0 Å². The molecule has 24 heavy (non-hydrogen) atoms. The highest BCUT2D eigenvalue weighted by Crippen LogP contribution is 2.39. The second-order valence-corrected chi connectivity index (χ2v) is 6.36. The van der Waals surface area contributed by atoms with E-state index in [2.05, 4.69) is 5.10 Å². The number of hydrogen-bond acceptors (Lipinski definition) is 3. The molecule has 5 heteroatoms. The van der Waals surface area contributed by atoms with E-state index in [1.54, 1.807) is 10.9 Å². The van der Waals surface area contributed by atoms with Crippen LogP contribution in [0.15, 0.2) is 60.8 Å². The maximum Gasteiger partial charge on any atom is 0.237 e. The van der Waals surface area contributed by atoms with Gasteiger partial charge in [-0.25, -0.2) is 4.39 Å². The van der Waals surface area contributed by atoms with Crippen molar-refractivity contribution in [1.29, 1.82) is 0 Å². The molecule has 1 aromatic heterocycles. The third-order valence-corrected chi connectivity index (χ3v) is 4.21. The Hall–Kier alpha value is -2.40. The molecule has 0 fully saturated rings. The molecule has 1 aromatic carbocycles. The molecular weight excluding hydrogens is 305 g/mol. The lowest BCUT2D eigenvalue weighted by Gasteiger charge is -2.22. The van der Waals surface area contributed by atoms with Gasteiger partial charge in [0.1, 0.15) is 0 Å². The van der Waals surface area contributed by atoms with Crippen molar-refractivity contribution in [2.75, 3.05) is 20.6 Å². The average Bonchev–Trinajstić information content (AvgIpc) is 2.96. The van der Waals surface area contributed by atoms with Crippen LogP contribution in [-0.2, 0) is 12.2 Å². The van der Waals surface area contributed by atoms with Crippen molar-refractivity contribution < 1.29 is 9.50 Å². The average molecular weight is 327 g/mol. The van der Waals surface area contributed by atoms with Gasteiger partial charge in [0.15, 0.2) is 5.67 Å². The number of halogens is 1. The predicted octanol–water partition coefficient (Wildman–Crippen LogP) is 3.22. The van der Waals surface area contributed by atoms with Gasteiger partial charge >= 0.3 is 0 Å². The van der Waals surface area contributed by atoms with Crippen molar-refractivity contribution in [1.82, 2.24) is 14.7 Å². The van der Waals surface area contributed by atoms with Crippen LogP contribution < -0.4 is 0 Å². The summed E-state index contributed by atoms with van der Waals surface area (Å²) < 4.78 is 16.8. The highest BCUT2D eigenvalue weighted by molar-refractivity contribution is 5.43. The van der Waals surface area contributed by atoms with E-state index in [4.69, 9.17) is 0 Å². The van der Waals surface area contributed by atoms with E-state index in [-0.39, 0.29) is 17.4 Å². The molecule has 0 saturated carbocycles. The van der Waals surface area contributed by atoms with Crippen LogP contribution in [0.1, 0.15) is 17.0 Å². The minimum Gasteiger partial charge on any atom is -0.492 e. The van der Waals surface area contributed by atoms with Gasteiger partial charge in [-0.05, 0) is 31.8 Å². The van der Waals surface area contributed by atoms with E-state index in [0.29, 0.717) is 6.54 Å². The molecule has 4 nitrogen and oxygen atoms in total. The minimum absolute atomic E-state index is 0.0426. The van der Waals surface area contributed by atoms with E-state index in [9.17, 15) is 5.11 Å². The zero-order valence-corrected chi connectivity index (χ0v) is 13.9. The number of aromatic nitrogens is 2.